The van der Waals surface area contributed by atoms with Crippen molar-refractivity contribution in [2.24, 2.45) is 0 Å². The van der Waals surface area contributed by atoms with Crippen molar-refractivity contribution in [3.8, 4) is 0 Å². The zero-order valence-corrected chi connectivity index (χ0v) is 11.0. The number of carboxylic acid groups (broad SMARTS) is 1. The molecule has 0 aliphatic carbocycles. The number of halogens is 1. The van der Waals surface area contributed by atoms with E-state index in [1.807, 2.05) is 0 Å². The topological polar surface area (TPSA) is 78.4 Å². The molecule has 0 heterocycles. The lowest BCUT2D eigenvalue weighted by Crippen LogP contribution is -2.29. The minimum absolute atomic E-state index is 0.0884. The fourth-order valence-corrected chi connectivity index (χ4v) is 1.42. The molecule has 0 bridgehead atoms. The number of benzene rings is 1. The van der Waals surface area contributed by atoms with Gasteiger partial charge in [-0.3, -0.25) is 4.79 Å². The van der Waals surface area contributed by atoms with Crippen molar-refractivity contribution >= 4 is 29.3 Å². The number of nitrogens with one attached hydrogen (secondary N) is 2. The van der Waals surface area contributed by atoms with Crippen molar-refractivity contribution in [1.82, 2.24) is 5.32 Å². The zero-order chi connectivity index (χ0) is 14.3. The Kier molecular flexibility index (Phi) is 5.89. The van der Waals surface area contributed by atoms with Gasteiger partial charge in [0.1, 0.15) is 0 Å². The number of amides is 2. The van der Waals surface area contributed by atoms with Gasteiger partial charge < -0.3 is 15.7 Å². The van der Waals surface area contributed by atoms with Gasteiger partial charge in [0.2, 0.25) is 0 Å². The first-order chi connectivity index (χ1) is 8.97. The minimum Gasteiger partial charge on any atom is -0.481 e. The van der Waals surface area contributed by atoms with Crippen molar-refractivity contribution < 1.29 is 14.7 Å². The minimum atomic E-state index is -0.831. The monoisotopic (exact) mass is 282 g/mol. The number of aryl methyl sites for hydroxylation is 1. The van der Waals surface area contributed by atoms with Gasteiger partial charge in [-0.05, 0) is 24.1 Å². The van der Waals surface area contributed by atoms with E-state index in [4.69, 9.17) is 16.7 Å². The third-order valence-corrected chi connectivity index (χ3v) is 2.41. The Labute approximate surface area is 116 Å². The van der Waals surface area contributed by atoms with Gasteiger partial charge in [0, 0.05) is 17.1 Å². The molecule has 0 fully saturated rings. The number of carboxylic acids is 1. The molecule has 0 spiro atoms. The second-order valence-corrected chi connectivity index (χ2v) is 4.45. The van der Waals surface area contributed by atoms with E-state index in [1.165, 1.54) is 0 Å². The van der Waals surface area contributed by atoms with Crippen molar-refractivity contribution in [1.29, 1.82) is 0 Å². The number of hydrogen-bond acceptors (Lipinski definition) is 2. The molecule has 1 aromatic rings. The molecule has 1 aromatic carbocycles. The summed E-state index contributed by atoms with van der Waals surface area (Å²) in [6.45, 7) is 3.65. The number of anilines is 1. The van der Waals surface area contributed by atoms with Crippen LogP contribution in [-0.4, -0.2) is 23.7 Å². The molecule has 0 unspecified atom stereocenters. The number of hydrogen-bond donors (Lipinski definition) is 3. The molecule has 0 saturated carbocycles. The highest BCUT2D eigenvalue weighted by Gasteiger charge is 2.02. The van der Waals surface area contributed by atoms with Crippen LogP contribution < -0.4 is 10.6 Å². The number of urea groups is 1. The third-order valence-electron chi connectivity index (χ3n) is 2.28. The molecular formula is C13H15ClN2O3. The average molecular weight is 283 g/mol. The quantitative estimate of drug-likeness (QED) is 0.750. The molecule has 3 N–H and O–H groups in total. The summed E-state index contributed by atoms with van der Waals surface area (Å²) in [5.41, 5.74) is 1.53. The molecule has 0 saturated heterocycles. The third kappa shape index (κ3) is 6.47. The lowest BCUT2D eigenvalue weighted by Gasteiger charge is -2.07. The van der Waals surface area contributed by atoms with Crippen molar-refractivity contribution in [2.75, 3.05) is 11.9 Å². The highest BCUT2D eigenvalue weighted by atomic mass is 35.5. The maximum absolute atomic E-state index is 11.4. The highest BCUT2D eigenvalue weighted by Crippen LogP contribution is 2.11. The molecule has 0 aliphatic heterocycles. The Morgan fingerprint density at radius 1 is 1.26 bits per heavy atom. The van der Waals surface area contributed by atoms with Gasteiger partial charge in [-0.1, -0.05) is 30.3 Å². The molecule has 0 atom stereocenters. The van der Waals surface area contributed by atoms with E-state index in [0.29, 0.717) is 17.1 Å². The molecule has 0 aliphatic rings. The van der Waals surface area contributed by atoms with Crippen LogP contribution in [0.4, 0.5) is 10.5 Å². The van der Waals surface area contributed by atoms with Crippen LogP contribution in [0, 0.1) is 0 Å². The highest BCUT2D eigenvalue weighted by molar-refractivity contribution is 6.29. The van der Waals surface area contributed by atoms with Crippen LogP contribution in [0.1, 0.15) is 12.0 Å². The molecule has 102 valence electrons. The molecule has 0 radical (unpaired) electrons. The van der Waals surface area contributed by atoms with Gasteiger partial charge in [0.25, 0.3) is 0 Å². The van der Waals surface area contributed by atoms with Crippen LogP contribution in [0.3, 0.4) is 0 Å². The molecule has 6 heteroatoms. The average Bonchev–Trinajstić information content (AvgIpc) is 2.35. The normalized spacial score (nSPS) is 9.74. The first-order valence-electron chi connectivity index (χ1n) is 5.66. The summed E-state index contributed by atoms with van der Waals surface area (Å²) in [4.78, 5) is 21.8. The van der Waals surface area contributed by atoms with Gasteiger partial charge >= 0.3 is 12.0 Å². The van der Waals surface area contributed by atoms with Crippen LogP contribution in [0.5, 0.6) is 0 Å². The summed E-state index contributed by atoms with van der Waals surface area (Å²) in [6.07, 6.45) is 0.555. The molecule has 5 nitrogen and oxygen atoms in total. The maximum Gasteiger partial charge on any atom is 0.319 e. The summed E-state index contributed by atoms with van der Waals surface area (Å²) in [5.74, 6) is -0.831. The van der Waals surface area contributed by atoms with E-state index in [0.717, 1.165) is 5.56 Å². The second kappa shape index (κ2) is 7.43. The zero-order valence-electron chi connectivity index (χ0n) is 10.3. The van der Waals surface area contributed by atoms with Gasteiger partial charge in [0.15, 0.2) is 0 Å². The predicted molar refractivity (Wildman–Crippen MR) is 74.4 cm³/mol. The van der Waals surface area contributed by atoms with Crippen LogP contribution in [0.25, 0.3) is 0 Å². The number of carbonyl (C=O) groups is 2. The molecule has 2 amide bonds. The van der Waals surface area contributed by atoms with E-state index in [1.54, 1.807) is 24.3 Å². The largest absolute Gasteiger partial charge is 0.481 e. The summed E-state index contributed by atoms with van der Waals surface area (Å²) < 4.78 is 0. The lowest BCUT2D eigenvalue weighted by atomic mass is 10.1. The van der Waals surface area contributed by atoms with Crippen LogP contribution in [0.15, 0.2) is 35.9 Å². The standard InChI is InChI=1S/C13H15ClN2O3/c1-9(14)8-15-13(19)16-11-5-2-10(3-6-11)4-7-12(17)18/h2-3,5-6H,1,4,7-8H2,(H,17,18)(H2,15,16,19). The van der Waals surface area contributed by atoms with Gasteiger partial charge in [-0.25, -0.2) is 4.79 Å². The van der Waals surface area contributed by atoms with E-state index >= 15 is 0 Å². The van der Waals surface area contributed by atoms with E-state index in [9.17, 15) is 9.59 Å². The predicted octanol–water partition coefficient (Wildman–Crippen LogP) is 2.58. The van der Waals surface area contributed by atoms with Crippen LogP contribution >= 0.6 is 11.6 Å². The van der Waals surface area contributed by atoms with Gasteiger partial charge in [-0.2, -0.15) is 0 Å². The molecule has 1 rings (SSSR count). The summed E-state index contributed by atoms with van der Waals surface area (Å²) in [5, 5.41) is 14.1. The van der Waals surface area contributed by atoms with Crippen molar-refractivity contribution in [3.63, 3.8) is 0 Å². The maximum atomic E-state index is 11.4. The van der Waals surface area contributed by atoms with E-state index in [2.05, 4.69) is 17.2 Å². The fraction of sp³-hybridized carbons (Fsp3) is 0.231. The van der Waals surface area contributed by atoms with E-state index in [-0.39, 0.29) is 19.0 Å². The summed E-state index contributed by atoms with van der Waals surface area (Å²) >= 11 is 5.52. The smallest absolute Gasteiger partial charge is 0.319 e. The van der Waals surface area contributed by atoms with Crippen LogP contribution in [-0.2, 0) is 11.2 Å². The van der Waals surface area contributed by atoms with E-state index < -0.39 is 5.97 Å². The molecule has 19 heavy (non-hydrogen) atoms. The Bertz CT molecular complexity index is 471. The molecule has 0 aromatic heterocycles. The van der Waals surface area contributed by atoms with Crippen molar-refractivity contribution in [2.45, 2.75) is 12.8 Å². The van der Waals surface area contributed by atoms with Crippen LogP contribution in [0.2, 0.25) is 0 Å². The number of rotatable bonds is 6. The first-order valence-corrected chi connectivity index (χ1v) is 6.04. The Morgan fingerprint density at radius 3 is 2.42 bits per heavy atom. The number of carbonyl (C=O) groups excluding carboxylic acids is 1. The Hall–Kier alpha value is -2.01. The Balaban J connectivity index is 2.45. The summed E-state index contributed by atoms with van der Waals surface area (Å²) in [6, 6.07) is 6.61. The van der Waals surface area contributed by atoms with Gasteiger partial charge in [0.05, 0.1) is 6.54 Å². The fourth-order valence-electron chi connectivity index (χ4n) is 1.36. The summed E-state index contributed by atoms with van der Waals surface area (Å²) in [7, 11) is 0. The lowest BCUT2D eigenvalue weighted by molar-refractivity contribution is -0.136. The first kappa shape index (κ1) is 15.0. The number of aliphatic carboxylic acids is 1. The van der Waals surface area contributed by atoms with Gasteiger partial charge in [-0.15, -0.1) is 0 Å². The van der Waals surface area contributed by atoms with Crippen molar-refractivity contribution in [3.05, 3.63) is 41.4 Å². The second-order valence-electron chi connectivity index (χ2n) is 3.92. The Morgan fingerprint density at radius 2 is 1.89 bits per heavy atom. The molecular weight excluding hydrogens is 268 g/mol. The SMILES string of the molecule is C=C(Cl)CNC(=O)Nc1ccc(CCC(=O)O)cc1.